The lowest BCUT2D eigenvalue weighted by Gasteiger charge is -2.19. The number of rotatable bonds is 18. The maximum absolute atomic E-state index is 5.78. The lowest BCUT2D eigenvalue weighted by Crippen LogP contribution is -2.29. The van der Waals surface area contributed by atoms with Crippen LogP contribution in [0.4, 0.5) is 0 Å². The molecule has 0 saturated heterocycles. The van der Waals surface area contributed by atoms with Crippen molar-refractivity contribution in [2.75, 3.05) is 78.7 Å². The zero-order valence-electron chi connectivity index (χ0n) is 19.9. The Bertz CT molecular complexity index is 463. The third-order valence-corrected chi connectivity index (χ3v) is 5.17. The minimum Gasteiger partial charge on any atom is -0.462 e. The molecule has 30 heavy (non-hydrogen) atoms. The van der Waals surface area contributed by atoms with Crippen molar-refractivity contribution < 1.29 is 14.2 Å². The Morgan fingerprint density at radius 2 is 0.700 bits per heavy atom. The average Bonchev–Trinajstić information content (AvgIpc) is 2.77. The third kappa shape index (κ3) is 10.4. The second kappa shape index (κ2) is 16.0. The van der Waals surface area contributed by atoms with Crippen molar-refractivity contribution in [3.8, 4) is 18.0 Å². The molecule has 0 saturated carbocycles. The molecule has 1 rings (SSSR count). The number of hydrogen-bond acceptors (Lipinski definition) is 9. The van der Waals surface area contributed by atoms with Crippen LogP contribution in [0.3, 0.4) is 0 Å². The fourth-order valence-electron chi connectivity index (χ4n) is 2.93. The molecule has 0 aliphatic rings. The highest BCUT2D eigenvalue weighted by atomic mass is 16.5. The molecule has 1 heterocycles. The highest BCUT2D eigenvalue weighted by Gasteiger charge is 2.12. The normalized spacial score (nSPS) is 11.5. The topological polar surface area (TPSA) is 76.1 Å². The first kappa shape index (κ1) is 26.3. The van der Waals surface area contributed by atoms with Gasteiger partial charge in [-0.1, -0.05) is 41.5 Å². The summed E-state index contributed by atoms with van der Waals surface area (Å²) in [6, 6.07) is 0.730. The van der Waals surface area contributed by atoms with E-state index < -0.39 is 0 Å². The van der Waals surface area contributed by atoms with Crippen LogP contribution >= 0.6 is 0 Å². The molecule has 174 valence electrons. The molecule has 0 aliphatic heterocycles. The van der Waals surface area contributed by atoms with E-state index in [-0.39, 0.29) is 18.0 Å². The number of likely N-dealkylation sites (N-methyl/N-ethyl adjacent to an activating group) is 3. The minimum atomic E-state index is 0.243. The van der Waals surface area contributed by atoms with E-state index in [1.807, 2.05) is 0 Å². The molecule has 0 unspecified atom stereocenters. The summed E-state index contributed by atoms with van der Waals surface area (Å²) in [4.78, 5) is 19.8. The largest absolute Gasteiger partial charge is 0.462 e. The van der Waals surface area contributed by atoms with Crippen LogP contribution in [0, 0.1) is 0 Å². The molecule has 0 amide bonds. The van der Waals surface area contributed by atoms with Crippen molar-refractivity contribution in [3.63, 3.8) is 0 Å². The second-order valence-electron chi connectivity index (χ2n) is 6.81. The van der Waals surface area contributed by atoms with Crippen LogP contribution in [0.1, 0.15) is 41.5 Å². The van der Waals surface area contributed by atoms with Gasteiger partial charge in [0.1, 0.15) is 19.8 Å². The van der Waals surface area contributed by atoms with Gasteiger partial charge in [-0.25, -0.2) is 0 Å². The van der Waals surface area contributed by atoms with Crippen molar-refractivity contribution >= 4 is 0 Å². The van der Waals surface area contributed by atoms with Crippen molar-refractivity contribution in [1.29, 1.82) is 0 Å². The fraction of sp³-hybridized carbons (Fsp3) is 0.857. The van der Waals surface area contributed by atoms with Gasteiger partial charge in [-0.3, -0.25) is 0 Å². The summed E-state index contributed by atoms with van der Waals surface area (Å²) in [5.41, 5.74) is 0. The van der Waals surface area contributed by atoms with Gasteiger partial charge in [-0.05, 0) is 39.3 Å². The Kier molecular flexibility index (Phi) is 14.1. The monoisotopic (exact) mass is 426 g/mol. The molecule has 0 aromatic carbocycles. The van der Waals surface area contributed by atoms with E-state index >= 15 is 0 Å². The molecular formula is C21H42N6O3. The van der Waals surface area contributed by atoms with Crippen LogP contribution in [0.2, 0.25) is 0 Å². The number of hydrogen-bond donors (Lipinski definition) is 0. The maximum Gasteiger partial charge on any atom is 0.325 e. The Balaban J connectivity index is 2.73. The van der Waals surface area contributed by atoms with Gasteiger partial charge < -0.3 is 28.9 Å². The van der Waals surface area contributed by atoms with Gasteiger partial charge in [0.05, 0.1) is 0 Å². The standard InChI is InChI=1S/C21H42N6O3/c1-7-25(8-2)13-16-28-19-22-20(29-17-14-26(9-3)10-4)24-21(23-19)30-18-15-27(11-5)12-6/h7-18H2,1-6H3. The predicted molar refractivity (Wildman–Crippen MR) is 120 cm³/mol. The van der Waals surface area contributed by atoms with E-state index in [2.05, 4.69) is 71.2 Å². The summed E-state index contributed by atoms with van der Waals surface area (Å²) in [5.74, 6) is 0. The number of aromatic nitrogens is 3. The number of ether oxygens (including phenoxy) is 3. The summed E-state index contributed by atoms with van der Waals surface area (Å²) in [6.07, 6.45) is 0. The molecule has 0 aliphatic carbocycles. The zero-order chi connectivity index (χ0) is 22.2. The van der Waals surface area contributed by atoms with Crippen LogP contribution in [0.25, 0.3) is 0 Å². The highest BCUT2D eigenvalue weighted by Crippen LogP contribution is 2.15. The first-order valence-corrected chi connectivity index (χ1v) is 11.4. The van der Waals surface area contributed by atoms with Crippen LogP contribution in [-0.2, 0) is 0 Å². The lowest BCUT2D eigenvalue weighted by atomic mass is 10.5. The quantitative estimate of drug-likeness (QED) is 0.350. The summed E-state index contributed by atoms with van der Waals surface area (Å²) in [7, 11) is 0. The predicted octanol–water partition coefficient (Wildman–Crippen LogP) is 2.03. The molecule has 9 nitrogen and oxygen atoms in total. The van der Waals surface area contributed by atoms with Crippen LogP contribution in [0.5, 0.6) is 18.0 Å². The zero-order valence-corrected chi connectivity index (χ0v) is 19.9. The van der Waals surface area contributed by atoms with E-state index in [1.54, 1.807) is 0 Å². The second-order valence-corrected chi connectivity index (χ2v) is 6.81. The van der Waals surface area contributed by atoms with Gasteiger partial charge in [-0.15, -0.1) is 15.0 Å². The molecule has 0 radical (unpaired) electrons. The van der Waals surface area contributed by atoms with E-state index in [0.717, 1.165) is 58.9 Å². The minimum absolute atomic E-state index is 0.243. The Morgan fingerprint density at radius 3 is 0.900 bits per heavy atom. The third-order valence-electron chi connectivity index (χ3n) is 5.17. The smallest absolute Gasteiger partial charge is 0.325 e. The van der Waals surface area contributed by atoms with E-state index in [0.29, 0.717) is 19.8 Å². The molecule has 0 bridgehead atoms. The molecule has 0 atom stereocenters. The van der Waals surface area contributed by atoms with Crippen molar-refractivity contribution in [1.82, 2.24) is 29.7 Å². The van der Waals surface area contributed by atoms with E-state index in [1.165, 1.54) is 0 Å². The molecular weight excluding hydrogens is 384 g/mol. The fourth-order valence-corrected chi connectivity index (χ4v) is 2.93. The summed E-state index contributed by atoms with van der Waals surface area (Å²) < 4.78 is 17.3. The van der Waals surface area contributed by atoms with Crippen molar-refractivity contribution in [2.24, 2.45) is 0 Å². The first-order valence-electron chi connectivity index (χ1n) is 11.4. The van der Waals surface area contributed by atoms with Crippen LogP contribution in [0.15, 0.2) is 0 Å². The summed E-state index contributed by atoms with van der Waals surface area (Å²) >= 11 is 0. The van der Waals surface area contributed by atoms with Crippen LogP contribution in [-0.4, -0.2) is 108 Å². The Hall–Kier alpha value is -1.71. The Morgan fingerprint density at radius 1 is 0.467 bits per heavy atom. The van der Waals surface area contributed by atoms with Crippen molar-refractivity contribution in [2.45, 2.75) is 41.5 Å². The summed E-state index contributed by atoms with van der Waals surface area (Å²) in [5, 5.41) is 0. The average molecular weight is 427 g/mol. The molecule has 0 spiro atoms. The van der Waals surface area contributed by atoms with Gasteiger partial charge in [0, 0.05) is 19.6 Å². The molecule has 1 aromatic heterocycles. The highest BCUT2D eigenvalue weighted by molar-refractivity contribution is 5.09. The lowest BCUT2D eigenvalue weighted by molar-refractivity contribution is 0.182. The molecule has 1 aromatic rings. The Labute approximate surface area is 182 Å². The first-order chi connectivity index (χ1) is 14.6. The number of nitrogens with zero attached hydrogens (tertiary/aromatic N) is 6. The molecule has 9 heteroatoms. The van der Waals surface area contributed by atoms with Crippen molar-refractivity contribution in [3.05, 3.63) is 0 Å². The van der Waals surface area contributed by atoms with Gasteiger partial charge in [0.25, 0.3) is 0 Å². The van der Waals surface area contributed by atoms with Gasteiger partial charge in [-0.2, -0.15) is 0 Å². The van der Waals surface area contributed by atoms with Gasteiger partial charge in [0.15, 0.2) is 0 Å². The SMILES string of the molecule is CCN(CC)CCOc1nc(OCCN(CC)CC)nc(OCCN(CC)CC)n1. The molecule has 0 N–H and O–H groups in total. The maximum atomic E-state index is 5.78. The van der Waals surface area contributed by atoms with E-state index in [4.69, 9.17) is 14.2 Å². The van der Waals surface area contributed by atoms with Gasteiger partial charge >= 0.3 is 18.0 Å². The van der Waals surface area contributed by atoms with Crippen LogP contribution < -0.4 is 14.2 Å². The van der Waals surface area contributed by atoms with E-state index in [9.17, 15) is 0 Å². The summed E-state index contributed by atoms with van der Waals surface area (Å²) in [6.45, 7) is 22.7. The van der Waals surface area contributed by atoms with Gasteiger partial charge in [0.2, 0.25) is 0 Å². The molecule has 0 fully saturated rings.